The van der Waals surface area contributed by atoms with Crippen molar-refractivity contribution in [3.05, 3.63) is 133 Å². The van der Waals surface area contributed by atoms with E-state index in [0.29, 0.717) is 50.2 Å². The summed E-state index contributed by atoms with van der Waals surface area (Å²) in [5.41, 5.74) is -3.19. The molecule has 19 heteroatoms. The Bertz CT molecular complexity index is 3630. The summed E-state index contributed by atoms with van der Waals surface area (Å²) in [5.74, 6) is -3.10. The smallest absolute Gasteiger partial charge is 0.426 e. The van der Waals surface area contributed by atoms with Crippen LogP contribution in [0.1, 0.15) is 212 Å². The Morgan fingerprint density at radius 2 is 1.15 bits per heavy atom. The van der Waals surface area contributed by atoms with Crippen molar-refractivity contribution in [1.29, 1.82) is 0 Å². The molecule has 96 heavy (non-hydrogen) atoms. The summed E-state index contributed by atoms with van der Waals surface area (Å²) >= 11 is 0. The molecular formula is C77H102F4O13S2. The van der Waals surface area contributed by atoms with Gasteiger partial charge in [0.2, 0.25) is 6.10 Å². The highest BCUT2D eigenvalue weighted by Crippen LogP contribution is 2.64. The third kappa shape index (κ3) is 20.7. The summed E-state index contributed by atoms with van der Waals surface area (Å²) < 4.78 is 116. The number of hydrogen-bond donors (Lipinski definition) is 1. The SMILES string of the molecule is CCC(C)(C)C(=O)OC12CC3CC(C1)CC(C(=O)OC(CS(=O)(=O)[O-])C(F)(F)F)(C3)C2.CCC(C)(C)C(=O)Oc1ccc(OC(C)(C)C)c(F)c1.CCC(C)c1ccc(O)cc1.CCC1(OC(=O)C(C)(C)CC)CCCC1.c1ccc(-[s+]2c3ccccc3c3ccccc32)cc1. The molecular weight excluding hydrogens is 1270 g/mol. The van der Waals surface area contributed by atoms with Gasteiger partial charge in [-0.05, 0) is 236 Å². The standard InChI is InChI=1S/C20H29F3O7S.C18H13S.C16H23FO3.C13H24O2.C10H14O/c1-4-17(2,3)15(24)30-19-8-12-5-13(9-19)7-18(6-12,11-19)16(25)29-14(20(21,22)23)10-31(26,27)28;1-2-8-14(9-3-1)19-17-12-6-4-10-15(17)16-11-5-7-13-18(16)19;1-7-16(5,6)14(18)19-11-8-9-13(12(17)10-11)20-15(2,3)4;1-5-12(3,4)11(14)15-13(6-2)9-7-8-10-13;1-3-8(2)9-4-6-10(11)7-5-9/h12-14H,4-11H2,1-3H3,(H,26,27,28);1-13H;8-10H,7H2,1-6H3;5-10H2,1-4H3;4-8,11H,3H2,1-2H3/q;+1;;;/p-1. The number of phenolic OH excluding ortho intramolecular Hbond substituents is 1. The van der Waals surface area contributed by atoms with Gasteiger partial charge in [-0.25, -0.2) is 12.8 Å². The van der Waals surface area contributed by atoms with Gasteiger partial charge < -0.3 is 33.3 Å². The first-order chi connectivity index (χ1) is 44.7. The Morgan fingerprint density at radius 1 is 0.656 bits per heavy atom. The first-order valence-corrected chi connectivity index (χ1v) is 36.6. The number of benzene rings is 5. The largest absolute Gasteiger partial charge is 0.748 e. The topological polar surface area (TPSA) is 192 Å². The van der Waals surface area contributed by atoms with Gasteiger partial charge in [-0.15, -0.1) is 0 Å². The molecule has 6 aromatic rings. The Morgan fingerprint density at radius 3 is 1.60 bits per heavy atom. The minimum Gasteiger partial charge on any atom is -0.748 e. The van der Waals surface area contributed by atoms with E-state index in [1.54, 1.807) is 39.8 Å². The quantitative estimate of drug-likeness (QED) is 0.0214. The lowest BCUT2D eigenvalue weighted by atomic mass is 9.48. The lowest BCUT2D eigenvalue weighted by Crippen LogP contribution is -2.61. The zero-order chi connectivity index (χ0) is 71.5. The van der Waals surface area contributed by atoms with Gasteiger partial charge in [-0.2, -0.15) is 13.2 Å². The fourth-order valence-corrected chi connectivity index (χ4v) is 15.8. The average molecular weight is 1380 g/mol. The number of ether oxygens (including phenoxy) is 5. The second kappa shape index (κ2) is 32.0. The van der Waals surface area contributed by atoms with E-state index in [1.807, 2.05) is 67.5 Å². The molecule has 528 valence electrons. The molecule has 1 heterocycles. The molecule has 0 aliphatic heterocycles. The fourth-order valence-electron chi connectivity index (χ4n) is 12.7. The minimum atomic E-state index is -5.27. The molecule has 1 aromatic heterocycles. The molecule has 4 unspecified atom stereocenters. The first kappa shape index (κ1) is 78.4. The summed E-state index contributed by atoms with van der Waals surface area (Å²) in [5, 5.41) is 11.8. The normalized spacial score (nSPS) is 20.3. The van der Waals surface area contributed by atoms with Crippen LogP contribution in [0.25, 0.3) is 25.1 Å². The van der Waals surface area contributed by atoms with Crippen LogP contribution in [0.3, 0.4) is 0 Å². The second-order valence-electron chi connectivity index (χ2n) is 29.5. The molecule has 13 nitrogen and oxygen atoms in total. The number of esters is 4. The Balaban J connectivity index is 0.000000198. The van der Waals surface area contributed by atoms with Crippen molar-refractivity contribution in [3.8, 4) is 22.1 Å². The maximum atomic E-state index is 13.9. The van der Waals surface area contributed by atoms with Gasteiger partial charge in [-0.1, -0.05) is 96.1 Å². The molecule has 5 saturated carbocycles. The van der Waals surface area contributed by atoms with E-state index in [4.69, 9.17) is 24.1 Å². The van der Waals surface area contributed by atoms with Crippen LogP contribution < -0.4 is 9.47 Å². The summed E-state index contributed by atoms with van der Waals surface area (Å²) in [6.45, 7) is 28.8. The van der Waals surface area contributed by atoms with Crippen molar-refractivity contribution in [2.45, 2.75) is 235 Å². The molecule has 5 aliphatic rings. The van der Waals surface area contributed by atoms with E-state index in [0.717, 1.165) is 38.5 Å². The number of carbonyl (C=O) groups excluding carboxylic acids is 4. The highest BCUT2D eigenvalue weighted by atomic mass is 32.2. The van der Waals surface area contributed by atoms with E-state index in [1.165, 1.54) is 61.7 Å². The lowest BCUT2D eigenvalue weighted by Gasteiger charge is -2.60. The van der Waals surface area contributed by atoms with Crippen LogP contribution in [0, 0.1) is 39.3 Å². The highest BCUT2D eigenvalue weighted by molar-refractivity contribution is 7.85. The van der Waals surface area contributed by atoms with Gasteiger partial charge in [0.15, 0.2) is 25.9 Å². The van der Waals surface area contributed by atoms with E-state index in [2.05, 4.69) is 104 Å². The summed E-state index contributed by atoms with van der Waals surface area (Å²) in [7, 11) is -5.21. The van der Waals surface area contributed by atoms with Gasteiger partial charge in [0.05, 0.1) is 37.5 Å². The lowest BCUT2D eigenvalue weighted by molar-refractivity contribution is -0.239. The molecule has 0 spiro atoms. The van der Waals surface area contributed by atoms with Crippen LogP contribution in [0.15, 0.2) is 121 Å². The van der Waals surface area contributed by atoms with Crippen LogP contribution in [0.5, 0.6) is 17.2 Å². The van der Waals surface area contributed by atoms with Gasteiger partial charge in [0.25, 0.3) is 0 Å². The molecule has 5 aliphatic carbocycles. The number of rotatable bonds is 18. The van der Waals surface area contributed by atoms with Crippen LogP contribution in [0.4, 0.5) is 17.6 Å². The van der Waals surface area contributed by atoms with E-state index in [9.17, 15) is 49.7 Å². The fraction of sp³-hybridized carbons (Fsp3) is 0.558. The highest BCUT2D eigenvalue weighted by Gasteiger charge is 2.64. The number of alkyl halides is 3. The minimum absolute atomic E-state index is 0.00100. The van der Waals surface area contributed by atoms with Gasteiger partial charge in [0, 0.05) is 33.7 Å². The molecule has 0 radical (unpaired) electrons. The molecule has 5 fully saturated rings. The zero-order valence-corrected chi connectivity index (χ0v) is 60.5. The number of halogens is 4. The number of fused-ring (bicyclic) bond motifs is 3. The molecule has 11 rings (SSSR count). The van der Waals surface area contributed by atoms with Crippen molar-refractivity contribution >= 4 is 64.6 Å². The monoisotopic (exact) mass is 1370 g/mol. The van der Waals surface area contributed by atoms with Gasteiger partial charge in [-0.3, -0.25) is 19.2 Å². The van der Waals surface area contributed by atoms with Gasteiger partial charge >= 0.3 is 30.1 Å². The number of carbonyl (C=O) groups is 4. The number of phenols is 1. The number of hydrogen-bond acceptors (Lipinski definition) is 13. The number of aromatic hydroxyl groups is 1. The summed E-state index contributed by atoms with van der Waals surface area (Å²) in [6, 6.07) is 40.0. The van der Waals surface area contributed by atoms with Crippen molar-refractivity contribution in [2.24, 2.45) is 33.5 Å². The maximum absolute atomic E-state index is 13.9. The van der Waals surface area contributed by atoms with E-state index >= 15 is 0 Å². The van der Waals surface area contributed by atoms with Crippen molar-refractivity contribution in [3.63, 3.8) is 0 Å². The Hall–Kier alpha value is -6.57. The van der Waals surface area contributed by atoms with Crippen molar-refractivity contribution < 1.29 is 78.5 Å². The number of thiophene rings is 1. The molecule has 4 bridgehead atoms. The molecule has 1 N–H and O–H groups in total. The van der Waals surface area contributed by atoms with Crippen LogP contribution in [-0.4, -0.2) is 76.8 Å². The van der Waals surface area contributed by atoms with E-state index in [-0.39, 0.29) is 63.2 Å². The third-order valence-electron chi connectivity index (χ3n) is 19.6. The predicted molar refractivity (Wildman–Crippen MR) is 371 cm³/mol. The Labute approximate surface area is 569 Å². The first-order valence-electron chi connectivity index (χ1n) is 33.8. The second-order valence-corrected chi connectivity index (χ2v) is 32.9. The summed E-state index contributed by atoms with van der Waals surface area (Å²) in [6.07, 6.45) is 2.95. The van der Waals surface area contributed by atoms with Crippen molar-refractivity contribution in [1.82, 2.24) is 0 Å². The zero-order valence-electron chi connectivity index (χ0n) is 58.8. The molecule has 0 saturated heterocycles. The van der Waals surface area contributed by atoms with Crippen LogP contribution in [0.2, 0.25) is 0 Å². The maximum Gasteiger partial charge on any atom is 0.426 e. The average Bonchev–Trinajstić information content (AvgIpc) is 0.911. The molecule has 4 atom stereocenters. The van der Waals surface area contributed by atoms with E-state index < -0.39 is 73.4 Å². The Kier molecular flexibility index (Phi) is 26.1. The van der Waals surface area contributed by atoms with Gasteiger partial charge in [0.1, 0.15) is 28.3 Å². The summed E-state index contributed by atoms with van der Waals surface area (Å²) in [4.78, 5) is 51.0. The van der Waals surface area contributed by atoms with Crippen molar-refractivity contribution in [2.75, 3.05) is 5.75 Å². The van der Waals surface area contributed by atoms with Crippen LogP contribution in [-0.2, 0) is 43.5 Å². The predicted octanol–water partition coefficient (Wildman–Crippen LogP) is 20.0. The third-order valence-corrected chi connectivity index (χ3v) is 22.6. The van der Waals surface area contributed by atoms with Crippen LogP contribution >= 0.6 is 10.5 Å². The molecule has 0 amide bonds. The molecule has 5 aromatic carbocycles.